The summed E-state index contributed by atoms with van der Waals surface area (Å²) >= 11 is 0. The van der Waals surface area contributed by atoms with E-state index in [4.69, 9.17) is 4.74 Å². The molecular formula is C24H31N3O2. The third-order valence-electron chi connectivity index (χ3n) is 6.12. The lowest BCUT2D eigenvalue weighted by atomic mass is 10.1. The molecule has 2 aliphatic rings. The van der Waals surface area contributed by atoms with E-state index in [2.05, 4.69) is 28.0 Å². The number of piperazine rings is 1. The van der Waals surface area contributed by atoms with Crippen molar-refractivity contribution in [2.75, 3.05) is 44.2 Å². The molecule has 1 saturated heterocycles. The van der Waals surface area contributed by atoms with Crippen molar-refractivity contribution in [1.29, 1.82) is 0 Å². The maximum atomic E-state index is 13.1. The number of hydrogen-bond donors (Lipinski definition) is 0. The third-order valence-corrected chi connectivity index (χ3v) is 6.12. The summed E-state index contributed by atoms with van der Waals surface area (Å²) in [6.45, 7) is 10.4. The van der Waals surface area contributed by atoms with Crippen LogP contribution in [-0.2, 0) is 17.8 Å². The van der Waals surface area contributed by atoms with Crippen LogP contribution in [-0.4, -0.2) is 61.1 Å². The van der Waals surface area contributed by atoms with E-state index < -0.39 is 0 Å². The highest BCUT2D eigenvalue weighted by Crippen LogP contribution is 2.26. The SMILES string of the molecule is CCN(C(=O)[C@H](C)N1CCN(Cc2ccc3c(c2)CCO3)CC1)c1ccccc1. The molecule has 5 heteroatoms. The zero-order chi connectivity index (χ0) is 20.2. The van der Waals surface area contributed by atoms with E-state index in [1.54, 1.807) is 0 Å². The average Bonchev–Trinajstić information content (AvgIpc) is 3.23. The fraction of sp³-hybridized carbons (Fsp3) is 0.458. The molecule has 0 spiro atoms. The molecule has 1 fully saturated rings. The van der Waals surface area contributed by atoms with Crippen LogP contribution in [0.25, 0.3) is 0 Å². The number of carbonyl (C=O) groups is 1. The minimum Gasteiger partial charge on any atom is -0.493 e. The summed E-state index contributed by atoms with van der Waals surface area (Å²) < 4.78 is 5.61. The molecule has 0 unspecified atom stereocenters. The van der Waals surface area contributed by atoms with Crippen LogP contribution in [0, 0.1) is 0 Å². The minimum atomic E-state index is -0.102. The first-order chi connectivity index (χ1) is 14.2. The number of anilines is 1. The van der Waals surface area contributed by atoms with Crippen LogP contribution >= 0.6 is 0 Å². The first-order valence-corrected chi connectivity index (χ1v) is 10.7. The van der Waals surface area contributed by atoms with Crippen molar-refractivity contribution in [3.8, 4) is 5.75 Å². The molecule has 0 bridgehead atoms. The van der Waals surface area contributed by atoms with Gasteiger partial charge < -0.3 is 9.64 Å². The Labute approximate surface area is 173 Å². The highest BCUT2D eigenvalue weighted by molar-refractivity contribution is 5.96. The van der Waals surface area contributed by atoms with Gasteiger partial charge >= 0.3 is 0 Å². The van der Waals surface area contributed by atoms with E-state index in [9.17, 15) is 4.79 Å². The van der Waals surface area contributed by atoms with Crippen LogP contribution < -0.4 is 9.64 Å². The number of fused-ring (bicyclic) bond motifs is 1. The highest BCUT2D eigenvalue weighted by atomic mass is 16.5. The molecular weight excluding hydrogens is 362 g/mol. The summed E-state index contributed by atoms with van der Waals surface area (Å²) in [5.41, 5.74) is 3.67. The standard InChI is InChI=1S/C24H31N3O2/c1-3-27(22-7-5-4-6-8-22)24(28)19(2)26-14-12-25(13-15-26)18-20-9-10-23-21(17-20)11-16-29-23/h4-10,17,19H,3,11-16,18H2,1-2H3/t19-/m0/s1. The zero-order valence-electron chi connectivity index (χ0n) is 17.5. The lowest BCUT2D eigenvalue weighted by molar-refractivity contribution is -0.124. The van der Waals surface area contributed by atoms with Gasteiger partial charge in [-0.2, -0.15) is 0 Å². The van der Waals surface area contributed by atoms with Crippen LogP contribution in [0.3, 0.4) is 0 Å². The number of nitrogens with zero attached hydrogens (tertiary/aromatic N) is 3. The Morgan fingerprint density at radius 2 is 1.86 bits per heavy atom. The van der Waals surface area contributed by atoms with Crippen molar-refractivity contribution >= 4 is 11.6 Å². The number of rotatable bonds is 6. The van der Waals surface area contributed by atoms with E-state index in [1.165, 1.54) is 11.1 Å². The van der Waals surface area contributed by atoms with Gasteiger partial charge in [-0.3, -0.25) is 14.6 Å². The molecule has 154 valence electrons. The second-order valence-corrected chi connectivity index (χ2v) is 7.95. The fourth-order valence-corrected chi connectivity index (χ4v) is 4.36. The van der Waals surface area contributed by atoms with Gasteiger partial charge in [0.1, 0.15) is 5.75 Å². The summed E-state index contributed by atoms with van der Waals surface area (Å²) in [4.78, 5) is 19.8. The summed E-state index contributed by atoms with van der Waals surface area (Å²) in [6, 6.07) is 16.5. The van der Waals surface area contributed by atoms with E-state index in [-0.39, 0.29) is 11.9 Å². The van der Waals surface area contributed by atoms with Gasteiger partial charge in [0.25, 0.3) is 0 Å². The number of hydrogen-bond acceptors (Lipinski definition) is 4. The molecule has 4 rings (SSSR count). The second kappa shape index (κ2) is 8.97. The van der Waals surface area contributed by atoms with E-state index in [0.717, 1.165) is 57.2 Å². The number of ether oxygens (including phenoxy) is 1. The fourth-order valence-electron chi connectivity index (χ4n) is 4.36. The summed E-state index contributed by atoms with van der Waals surface area (Å²) in [7, 11) is 0. The van der Waals surface area contributed by atoms with Crippen LogP contribution in [0.4, 0.5) is 5.69 Å². The summed E-state index contributed by atoms with van der Waals surface area (Å²) in [5, 5.41) is 0. The van der Waals surface area contributed by atoms with E-state index >= 15 is 0 Å². The minimum absolute atomic E-state index is 0.102. The molecule has 2 aromatic rings. The van der Waals surface area contributed by atoms with Crippen molar-refractivity contribution < 1.29 is 9.53 Å². The highest BCUT2D eigenvalue weighted by Gasteiger charge is 2.29. The van der Waals surface area contributed by atoms with Gasteiger partial charge in [-0.05, 0) is 43.2 Å². The quantitative estimate of drug-likeness (QED) is 0.755. The van der Waals surface area contributed by atoms with Crippen molar-refractivity contribution in [2.45, 2.75) is 32.9 Å². The van der Waals surface area contributed by atoms with Crippen LogP contribution in [0.2, 0.25) is 0 Å². The molecule has 2 aliphatic heterocycles. The molecule has 0 aliphatic carbocycles. The Balaban J connectivity index is 1.32. The third kappa shape index (κ3) is 4.46. The molecule has 0 N–H and O–H groups in total. The molecule has 2 heterocycles. The van der Waals surface area contributed by atoms with Gasteiger partial charge in [-0.1, -0.05) is 30.3 Å². The predicted molar refractivity (Wildman–Crippen MR) is 116 cm³/mol. The van der Waals surface area contributed by atoms with Crippen molar-refractivity contribution in [2.24, 2.45) is 0 Å². The van der Waals surface area contributed by atoms with E-state index in [0.29, 0.717) is 6.54 Å². The van der Waals surface area contributed by atoms with E-state index in [1.807, 2.05) is 49.1 Å². The predicted octanol–water partition coefficient (Wildman–Crippen LogP) is 3.18. The Bertz CT molecular complexity index is 831. The van der Waals surface area contributed by atoms with Gasteiger partial charge in [-0.25, -0.2) is 0 Å². The molecule has 29 heavy (non-hydrogen) atoms. The summed E-state index contributed by atoms with van der Waals surface area (Å²) in [5.74, 6) is 1.23. The van der Waals surface area contributed by atoms with Crippen molar-refractivity contribution in [3.63, 3.8) is 0 Å². The van der Waals surface area contributed by atoms with Gasteiger partial charge in [0, 0.05) is 51.4 Å². The monoisotopic (exact) mass is 393 g/mol. The molecule has 1 amide bonds. The molecule has 1 atom stereocenters. The Morgan fingerprint density at radius 1 is 1.10 bits per heavy atom. The van der Waals surface area contributed by atoms with Gasteiger partial charge in [0.2, 0.25) is 5.91 Å². The first-order valence-electron chi connectivity index (χ1n) is 10.7. The van der Waals surface area contributed by atoms with Crippen LogP contribution in [0.5, 0.6) is 5.75 Å². The molecule has 0 radical (unpaired) electrons. The second-order valence-electron chi connectivity index (χ2n) is 7.95. The molecule has 5 nitrogen and oxygen atoms in total. The normalized spacial score (nSPS) is 18.1. The Kier molecular flexibility index (Phi) is 6.16. The van der Waals surface area contributed by atoms with Gasteiger partial charge in [0.05, 0.1) is 12.6 Å². The average molecular weight is 394 g/mol. The number of benzene rings is 2. The zero-order valence-corrected chi connectivity index (χ0v) is 17.5. The van der Waals surface area contributed by atoms with Crippen LogP contribution in [0.1, 0.15) is 25.0 Å². The van der Waals surface area contributed by atoms with Crippen LogP contribution in [0.15, 0.2) is 48.5 Å². The number of carbonyl (C=O) groups excluding carboxylic acids is 1. The largest absolute Gasteiger partial charge is 0.493 e. The first kappa shape index (κ1) is 19.9. The van der Waals surface area contributed by atoms with Gasteiger partial charge in [-0.15, -0.1) is 0 Å². The summed E-state index contributed by atoms with van der Waals surface area (Å²) in [6.07, 6.45) is 1.02. The molecule has 0 aromatic heterocycles. The molecule has 0 saturated carbocycles. The van der Waals surface area contributed by atoms with Gasteiger partial charge in [0.15, 0.2) is 0 Å². The topological polar surface area (TPSA) is 36.0 Å². The number of amides is 1. The Hall–Kier alpha value is -2.37. The van der Waals surface area contributed by atoms with Crippen molar-refractivity contribution in [3.05, 3.63) is 59.7 Å². The molecule has 2 aromatic carbocycles. The van der Waals surface area contributed by atoms with Crippen molar-refractivity contribution in [1.82, 2.24) is 9.80 Å². The maximum absolute atomic E-state index is 13.1. The number of likely N-dealkylation sites (N-methyl/N-ethyl adjacent to an activating group) is 1. The Morgan fingerprint density at radius 3 is 2.59 bits per heavy atom. The lowest BCUT2D eigenvalue weighted by Crippen LogP contribution is -2.54. The number of para-hydroxylation sites is 1. The smallest absolute Gasteiger partial charge is 0.244 e. The lowest BCUT2D eigenvalue weighted by Gasteiger charge is -2.39. The maximum Gasteiger partial charge on any atom is 0.244 e.